The number of rotatable bonds is 74. The molecule has 2 atom stereocenters. The van der Waals surface area contributed by atoms with E-state index in [4.69, 9.17) is 24.3 Å². The number of hydrogen-bond donors (Lipinski definition) is 2. The standard InChI is InChI=1S/C76H148NO8P/c1-3-5-7-9-11-13-15-17-19-21-23-25-27-29-31-33-34-35-36-37-38-39-41-42-44-46-48-50-52-54-56-58-60-62-64-66-68-75(78)82-72-74(73-84-86(80,81)83-71-70-77)85-76(79)69-67-65-63-61-59-57-55-53-51-49-47-45-43-40-32-30-28-26-24-22-20-18-16-14-12-10-8-6-4-2/h16,18,22,24,74H,3-15,17,19-21,23,25-73,77H2,1-2H3,(H,80,81)/b18-16-,24-22-. The summed E-state index contributed by atoms with van der Waals surface area (Å²) in [6, 6.07) is 0. The number of phosphoric acid groups is 1. The summed E-state index contributed by atoms with van der Waals surface area (Å²) in [5, 5.41) is 0. The van der Waals surface area contributed by atoms with Crippen molar-refractivity contribution in [3.8, 4) is 0 Å². The van der Waals surface area contributed by atoms with Crippen molar-refractivity contribution in [2.24, 2.45) is 5.73 Å². The quantitative estimate of drug-likeness (QED) is 0.0264. The van der Waals surface area contributed by atoms with E-state index in [1.165, 1.54) is 347 Å². The third kappa shape index (κ3) is 71.6. The summed E-state index contributed by atoms with van der Waals surface area (Å²) < 4.78 is 33.2. The van der Waals surface area contributed by atoms with E-state index in [0.717, 1.165) is 38.5 Å². The molecular weight excluding hydrogens is 1090 g/mol. The fourth-order valence-corrected chi connectivity index (χ4v) is 12.7. The lowest BCUT2D eigenvalue weighted by molar-refractivity contribution is -0.161. The average molecular weight is 1230 g/mol. The van der Waals surface area contributed by atoms with Gasteiger partial charge in [-0.05, 0) is 44.9 Å². The van der Waals surface area contributed by atoms with Gasteiger partial charge in [-0.25, -0.2) is 4.57 Å². The maximum atomic E-state index is 12.8. The normalized spacial score (nSPS) is 12.9. The molecule has 0 amide bonds. The van der Waals surface area contributed by atoms with E-state index < -0.39 is 26.5 Å². The van der Waals surface area contributed by atoms with Crippen LogP contribution < -0.4 is 5.73 Å². The highest BCUT2D eigenvalue weighted by Gasteiger charge is 2.26. The molecule has 0 radical (unpaired) electrons. The first-order valence-electron chi connectivity index (χ1n) is 38.3. The van der Waals surface area contributed by atoms with Crippen LogP contribution in [0.2, 0.25) is 0 Å². The Bertz CT molecular complexity index is 1460. The van der Waals surface area contributed by atoms with E-state index in [2.05, 4.69) is 38.2 Å². The third-order valence-electron chi connectivity index (χ3n) is 17.6. The van der Waals surface area contributed by atoms with Gasteiger partial charge >= 0.3 is 19.8 Å². The minimum atomic E-state index is -4.39. The van der Waals surface area contributed by atoms with Gasteiger partial charge in [-0.15, -0.1) is 0 Å². The maximum Gasteiger partial charge on any atom is 0.472 e. The molecule has 0 saturated heterocycles. The number of esters is 2. The second-order valence-corrected chi connectivity index (χ2v) is 27.7. The predicted molar refractivity (Wildman–Crippen MR) is 372 cm³/mol. The fraction of sp³-hybridized carbons (Fsp3) is 0.921. The molecule has 3 N–H and O–H groups in total. The summed E-state index contributed by atoms with van der Waals surface area (Å²) in [5.41, 5.74) is 5.41. The Morgan fingerprint density at radius 3 is 0.884 bits per heavy atom. The zero-order chi connectivity index (χ0) is 62.3. The number of phosphoric ester groups is 1. The molecule has 0 aliphatic rings. The van der Waals surface area contributed by atoms with Crippen LogP contribution in [0.15, 0.2) is 24.3 Å². The van der Waals surface area contributed by atoms with E-state index in [1.54, 1.807) is 0 Å². The van der Waals surface area contributed by atoms with Crippen molar-refractivity contribution in [3.63, 3.8) is 0 Å². The number of hydrogen-bond acceptors (Lipinski definition) is 8. The van der Waals surface area contributed by atoms with Gasteiger partial charge in [0.15, 0.2) is 6.10 Å². The lowest BCUT2D eigenvalue weighted by Gasteiger charge is -2.19. The molecule has 0 aromatic rings. The molecule has 86 heavy (non-hydrogen) atoms. The first-order chi connectivity index (χ1) is 42.3. The number of allylic oxidation sites excluding steroid dienone is 4. The van der Waals surface area contributed by atoms with Crippen molar-refractivity contribution in [3.05, 3.63) is 24.3 Å². The molecule has 10 heteroatoms. The van der Waals surface area contributed by atoms with Crippen LogP contribution in [-0.4, -0.2) is 49.3 Å². The van der Waals surface area contributed by atoms with Crippen molar-refractivity contribution < 1.29 is 37.6 Å². The Labute approximate surface area is 535 Å². The Balaban J connectivity index is 3.75. The SMILES string of the molecule is CCCCCCC/C=C\C/C=C\CCCCCCCCCCCCCCCCCCCC(=O)OC(COC(=O)CCCCCCCCCCCCCCCCCCCCCCCCCCCCCCCCCCCCCC)COP(=O)(O)OCCN. The van der Waals surface area contributed by atoms with E-state index in [9.17, 15) is 19.0 Å². The minimum absolute atomic E-state index is 0.0568. The van der Waals surface area contributed by atoms with Gasteiger partial charge in [-0.2, -0.15) is 0 Å². The highest BCUT2D eigenvalue weighted by Crippen LogP contribution is 2.43. The fourth-order valence-electron chi connectivity index (χ4n) is 11.9. The number of unbranched alkanes of at least 4 members (excludes halogenated alkanes) is 57. The van der Waals surface area contributed by atoms with Crippen molar-refractivity contribution in [2.75, 3.05) is 26.4 Å². The van der Waals surface area contributed by atoms with Crippen molar-refractivity contribution in [2.45, 2.75) is 424 Å². The van der Waals surface area contributed by atoms with Crippen molar-refractivity contribution in [1.29, 1.82) is 0 Å². The van der Waals surface area contributed by atoms with Crippen molar-refractivity contribution in [1.82, 2.24) is 0 Å². The monoisotopic (exact) mass is 1230 g/mol. The van der Waals surface area contributed by atoms with E-state index in [1.807, 2.05) is 0 Å². The summed E-state index contributed by atoms with van der Waals surface area (Å²) >= 11 is 0. The largest absolute Gasteiger partial charge is 0.472 e. The first kappa shape index (κ1) is 84.5. The molecule has 510 valence electrons. The zero-order valence-corrected chi connectivity index (χ0v) is 58.5. The van der Waals surface area contributed by atoms with Gasteiger partial charge in [0.1, 0.15) is 6.61 Å². The Kier molecular flexibility index (Phi) is 71.3. The van der Waals surface area contributed by atoms with Crippen LogP contribution in [0, 0.1) is 0 Å². The minimum Gasteiger partial charge on any atom is -0.462 e. The van der Waals surface area contributed by atoms with Crippen LogP contribution in [-0.2, 0) is 32.7 Å². The van der Waals surface area contributed by atoms with Crippen molar-refractivity contribution >= 4 is 19.8 Å². The maximum absolute atomic E-state index is 12.8. The molecular formula is C76H148NO8P. The molecule has 0 heterocycles. The average Bonchev–Trinajstić information content (AvgIpc) is 3.55. The van der Waals surface area contributed by atoms with Gasteiger partial charge in [-0.3, -0.25) is 18.6 Å². The summed E-state index contributed by atoms with van der Waals surface area (Å²) in [6.45, 7) is 3.82. The summed E-state index contributed by atoms with van der Waals surface area (Å²) in [6.07, 6.45) is 90.3. The highest BCUT2D eigenvalue weighted by atomic mass is 31.2. The van der Waals surface area contributed by atoms with Gasteiger partial charge in [0, 0.05) is 19.4 Å². The van der Waals surface area contributed by atoms with Crippen LogP contribution in [0.3, 0.4) is 0 Å². The molecule has 0 spiro atoms. The summed E-state index contributed by atoms with van der Waals surface area (Å²) in [7, 11) is -4.39. The van der Waals surface area contributed by atoms with Crippen LogP contribution in [0.4, 0.5) is 0 Å². The third-order valence-corrected chi connectivity index (χ3v) is 18.6. The first-order valence-corrected chi connectivity index (χ1v) is 39.8. The molecule has 0 aliphatic heterocycles. The molecule has 0 aliphatic carbocycles. The molecule has 2 unspecified atom stereocenters. The molecule has 0 bridgehead atoms. The molecule has 0 aromatic carbocycles. The van der Waals surface area contributed by atoms with Crippen LogP contribution in [0.25, 0.3) is 0 Å². The molecule has 9 nitrogen and oxygen atoms in total. The molecule has 0 rings (SSSR count). The topological polar surface area (TPSA) is 134 Å². The van der Waals surface area contributed by atoms with Gasteiger partial charge in [0.05, 0.1) is 13.2 Å². The van der Waals surface area contributed by atoms with E-state index >= 15 is 0 Å². The summed E-state index contributed by atoms with van der Waals surface area (Å²) in [4.78, 5) is 35.4. The molecule has 0 aromatic heterocycles. The lowest BCUT2D eigenvalue weighted by atomic mass is 10.0. The van der Waals surface area contributed by atoms with Gasteiger partial charge in [0.25, 0.3) is 0 Å². The van der Waals surface area contributed by atoms with Crippen LogP contribution >= 0.6 is 7.82 Å². The number of nitrogens with two attached hydrogens (primary N) is 1. The Hall–Kier alpha value is -1.51. The Morgan fingerprint density at radius 2 is 0.605 bits per heavy atom. The second-order valence-electron chi connectivity index (χ2n) is 26.2. The van der Waals surface area contributed by atoms with Crippen LogP contribution in [0.5, 0.6) is 0 Å². The smallest absolute Gasteiger partial charge is 0.462 e. The molecule has 0 saturated carbocycles. The number of carbonyl (C=O) groups is 2. The molecule has 0 fully saturated rings. The number of carbonyl (C=O) groups excluding carboxylic acids is 2. The predicted octanol–water partition coefficient (Wildman–Crippen LogP) is 25.3. The van der Waals surface area contributed by atoms with Crippen LogP contribution in [0.1, 0.15) is 418 Å². The highest BCUT2D eigenvalue weighted by molar-refractivity contribution is 7.47. The van der Waals surface area contributed by atoms with E-state index in [-0.39, 0.29) is 38.6 Å². The number of ether oxygens (including phenoxy) is 2. The lowest BCUT2D eigenvalue weighted by Crippen LogP contribution is -2.29. The summed E-state index contributed by atoms with van der Waals surface area (Å²) in [5.74, 6) is -0.801. The Morgan fingerprint density at radius 1 is 0.349 bits per heavy atom. The van der Waals surface area contributed by atoms with Gasteiger partial charge < -0.3 is 20.1 Å². The van der Waals surface area contributed by atoms with Gasteiger partial charge in [-0.1, -0.05) is 385 Å². The van der Waals surface area contributed by atoms with Gasteiger partial charge in [0.2, 0.25) is 0 Å². The second kappa shape index (κ2) is 72.6. The van der Waals surface area contributed by atoms with E-state index in [0.29, 0.717) is 6.42 Å². The zero-order valence-electron chi connectivity index (χ0n) is 57.6.